The Morgan fingerprint density at radius 2 is 1.47 bits per heavy atom. The van der Waals surface area contributed by atoms with Gasteiger partial charge in [-0.1, -0.05) is 17.7 Å². The average Bonchev–Trinajstić information content (AvgIpc) is 1.99. The van der Waals surface area contributed by atoms with E-state index in [1.54, 1.807) is 26.0 Å². The SMILES string of the molecule is Cc1cc(C)c(C(N)C(F)(F)F)c(C)c1. The van der Waals surface area contributed by atoms with Gasteiger partial charge in [0.15, 0.2) is 0 Å². The van der Waals surface area contributed by atoms with E-state index >= 15 is 0 Å². The summed E-state index contributed by atoms with van der Waals surface area (Å²) in [6, 6.07) is 1.54. The fourth-order valence-corrected chi connectivity index (χ4v) is 1.85. The zero-order valence-electron chi connectivity index (χ0n) is 8.94. The molecule has 15 heavy (non-hydrogen) atoms. The minimum atomic E-state index is -4.38. The lowest BCUT2D eigenvalue weighted by atomic mass is 9.94. The molecular formula is C11H14F3N. The van der Waals surface area contributed by atoms with Crippen molar-refractivity contribution in [1.29, 1.82) is 0 Å². The smallest absolute Gasteiger partial charge is 0.316 e. The molecule has 0 saturated heterocycles. The van der Waals surface area contributed by atoms with Gasteiger partial charge in [-0.3, -0.25) is 0 Å². The fraction of sp³-hybridized carbons (Fsp3) is 0.455. The molecule has 2 N–H and O–H groups in total. The predicted molar refractivity (Wildman–Crippen MR) is 53.6 cm³/mol. The van der Waals surface area contributed by atoms with Crippen molar-refractivity contribution in [2.75, 3.05) is 0 Å². The molecule has 0 heterocycles. The van der Waals surface area contributed by atoms with Crippen molar-refractivity contribution < 1.29 is 13.2 Å². The number of halogens is 3. The second-order valence-electron chi connectivity index (χ2n) is 3.83. The molecule has 4 heteroatoms. The number of hydrogen-bond acceptors (Lipinski definition) is 1. The molecule has 0 spiro atoms. The van der Waals surface area contributed by atoms with E-state index in [2.05, 4.69) is 0 Å². The van der Waals surface area contributed by atoms with E-state index in [9.17, 15) is 13.2 Å². The zero-order chi connectivity index (χ0) is 11.8. The highest BCUT2D eigenvalue weighted by atomic mass is 19.4. The third-order valence-corrected chi connectivity index (χ3v) is 2.40. The van der Waals surface area contributed by atoms with Gasteiger partial charge in [0.05, 0.1) is 0 Å². The van der Waals surface area contributed by atoms with Gasteiger partial charge in [0.25, 0.3) is 0 Å². The molecule has 0 fully saturated rings. The van der Waals surface area contributed by atoms with E-state index in [-0.39, 0.29) is 5.56 Å². The largest absolute Gasteiger partial charge is 0.407 e. The van der Waals surface area contributed by atoms with Crippen molar-refractivity contribution in [3.8, 4) is 0 Å². The first-order chi connectivity index (χ1) is 6.73. The van der Waals surface area contributed by atoms with Crippen LogP contribution in [0.2, 0.25) is 0 Å². The van der Waals surface area contributed by atoms with Crippen molar-refractivity contribution in [3.63, 3.8) is 0 Å². The second-order valence-corrected chi connectivity index (χ2v) is 3.83. The van der Waals surface area contributed by atoms with Crippen molar-refractivity contribution in [2.45, 2.75) is 33.0 Å². The van der Waals surface area contributed by atoms with Crippen LogP contribution in [-0.2, 0) is 0 Å². The van der Waals surface area contributed by atoms with Gasteiger partial charge >= 0.3 is 6.18 Å². The number of nitrogens with two attached hydrogens (primary N) is 1. The van der Waals surface area contributed by atoms with Crippen LogP contribution in [0.15, 0.2) is 12.1 Å². The highest BCUT2D eigenvalue weighted by Crippen LogP contribution is 2.34. The van der Waals surface area contributed by atoms with Crippen LogP contribution in [0.25, 0.3) is 0 Å². The molecule has 0 aliphatic rings. The summed E-state index contributed by atoms with van der Waals surface area (Å²) in [5, 5.41) is 0. The van der Waals surface area contributed by atoms with E-state index in [0.29, 0.717) is 11.1 Å². The minimum Gasteiger partial charge on any atom is -0.316 e. The van der Waals surface area contributed by atoms with Crippen molar-refractivity contribution >= 4 is 0 Å². The Labute approximate surface area is 87.1 Å². The Morgan fingerprint density at radius 1 is 1.07 bits per heavy atom. The zero-order valence-corrected chi connectivity index (χ0v) is 8.94. The summed E-state index contributed by atoms with van der Waals surface area (Å²) < 4.78 is 37.4. The molecule has 1 nitrogen and oxygen atoms in total. The molecule has 1 unspecified atom stereocenters. The lowest BCUT2D eigenvalue weighted by Gasteiger charge is -2.20. The molecule has 0 saturated carbocycles. The molecule has 1 aromatic rings. The lowest BCUT2D eigenvalue weighted by molar-refractivity contribution is -0.149. The predicted octanol–water partition coefficient (Wildman–Crippen LogP) is 3.17. The van der Waals surface area contributed by atoms with E-state index in [1.807, 2.05) is 6.92 Å². The van der Waals surface area contributed by atoms with Crippen LogP contribution in [0, 0.1) is 20.8 Å². The van der Waals surface area contributed by atoms with Gasteiger partial charge in [0.1, 0.15) is 6.04 Å². The number of rotatable bonds is 1. The summed E-state index contributed by atoms with van der Waals surface area (Å²) in [7, 11) is 0. The first-order valence-corrected chi connectivity index (χ1v) is 4.63. The number of alkyl halides is 3. The van der Waals surface area contributed by atoms with Crippen LogP contribution < -0.4 is 5.73 Å². The summed E-state index contributed by atoms with van der Waals surface area (Å²) in [4.78, 5) is 0. The Kier molecular flexibility index (Phi) is 3.09. The third-order valence-electron chi connectivity index (χ3n) is 2.40. The first-order valence-electron chi connectivity index (χ1n) is 4.63. The monoisotopic (exact) mass is 217 g/mol. The average molecular weight is 217 g/mol. The molecular weight excluding hydrogens is 203 g/mol. The lowest BCUT2D eigenvalue weighted by Crippen LogP contribution is -2.29. The second kappa shape index (κ2) is 3.85. The Balaban J connectivity index is 3.26. The van der Waals surface area contributed by atoms with Crippen LogP contribution in [0.1, 0.15) is 28.3 Å². The molecule has 1 atom stereocenters. The maximum Gasteiger partial charge on any atom is 0.407 e. The van der Waals surface area contributed by atoms with Gasteiger partial charge in [-0.05, 0) is 37.5 Å². The van der Waals surface area contributed by atoms with E-state index in [1.165, 1.54) is 0 Å². The van der Waals surface area contributed by atoms with Crippen molar-refractivity contribution in [3.05, 3.63) is 34.4 Å². The molecule has 0 amide bonds. The maximum absolute atomic E-state index is 12.5. The van der Waals surface area contributed by atoms with Crippen LogP contribution in [0.5, 0.6) is 0 Å². The summed E-state index contributed by atoms with van der Waals surface area (Å²) in [5.74, 6) is 0. The first kappa shape index (κ1) is 12.0. The fourth-order valence-electron chi connectivity index (χ4n) is 1.85. The highest BCUT2D eigenvalue weighted by molar-refractivity contribution is 5.40. The Bertz CT molecular complexity index is 346. The summed E-state index contributed by atoms with van der Waals surface area (Å²) in [5.41, 5.74) is 7.52. The molecule has 0 radical (unpaired) electrons. The van der Waals surface area contributed by atoms with E-state index in [4.69, 9.17) is 5.73 Å². The van der Waals surface area contributed by atoms with Crippen molar-refractivity contribution in [1.82, 2.24) is 0 Å². The third kappa shape index (κ3) is 2.50. The quantitative estimate of drug-likeness (QED) is 0.768. The summed E-state index contributed by atoms with van der Waals surface area (Å²) in [6.07, 6.45) is -4.38. The standard InChI is InChI=1S/C11H14F3N/c1-6-4-7(2)9(8(3)5-6)10(15)11(12,13)14/h4-5,10H,15H2,1-3H3. The van der Waals surface area contributed by atoms with Crippen LogP contribution in [-0.4, -0.2) is 6.18 Å². The Morgan fingerprint density at radius 3 is 1.80 bits per heavy atom. The molecule has 0 aliphatic heterocycles. The van der Waals surface area contributed by atoms with E-state index in [0.717, 1.165) is 5.56 Å². The highest BCUT2D eigenvalue weighted by Gasteiger charge is 2.39. The summed E-state index contributed by atoms with van der Waals surface area (Å²) >= 11 is 0. The maximum atomic E-state index is 12.5. The summed E-state index contributed by atoms with van der Waals surface area (Å²) in [6.45, 7) is 5.16. The number of aryl methyl sites for hydroxylation is 3. The molecule has 0 bridgehead atoms. The topological polar surface area (TPSA) is 26.0 Å². The van der Waals surface area contributed by atoms with Gasteiger partial charge < -0.3 is 5.73 Å². The van der Waals surface area contributed by atoms with Gasteiger partial charge in [0, 0.05) is 0 Å². The van der Waals surface area contributed by atoms with Gasteiger partial charge in [-0.25, -0.2) is 0 Å². The van der Waals surface area contributed by atoms with Gasteiger partial charge in [0.2, 0.25) is 0 Å². The molecule has 0 aromatic heterocycles. The molecule has 0 aliphatic carbocycles. The number of hydrogen-bond donors (Lipinski definition) is 1. The Hall–Kier alpha value is -1.03. The van der Waals surface area contributed by atoms with Crippen LogP contribution in [0.3, 0.4) is 0 Å². The van der Waals surface area contributed by atoms with Gasteiger partial charge in [-0.2, -0.15) is 13.2 Å². The van der Waals surface area contributed by atoms with Gasteiger partial charge in [-0.15, -0.1) is 0 Å². The molecule has 1 aromatic carbocycles. The molecule has 1 rings (SSSR count). The van der Waals surface area contributed by atoms with Crippen LogP contribution >= 0.6 is 0 Å². The molecule has 84 valence electrons. The van der Waals surface area contributed by atoms with Crippen LogP contribution in [0.4, 0.5) is 13.2 Å². The normalized spacial score (nSPS) is 14.1. The van der Waals surface area contributed by atoms with Crippen molar-refractivity contribution in [2.24, 2.45) is 5.73 Å². The number of benzene rings is 1. The van der Waals surface area contributed by atoms with E-state index < -0.39 is 12.2 Å². The minimum absolute atomic E-state index is 0.188.